The molecule has 0 saturated heterocycles. The number of ether oxygens (including phenoxy) is 2. The third-order valence-corrected chi connectivity index (χ3v) is 3.59. The molecule has 1 heterocycles. The highest BCUT2D eigenvalue weighted by atomic mass is 79.9. The van der Waals surface area contributed by atoms with E-state index in [1.54, 1.807) is 25.4 Å². The number of nitrogens with zero attached hydrogens (tertiary/aromatic N) is 1. The minimum Gasteiger partial charge on any atom is -0.493 e. The van der Waals surface area contributed by atoms with Gasteiger partial charge in [0.05, 0.1) is 18.7 Å². The first-order valence-electron chi connectivity index (χ1n) is 5.79. The van der Waals surface area contributed by atoms with E-state index in [0.717, 1.165) is 15.7 Å². The van der Waals surface area contributed by atoms with Crippen LogP contribution in [0.1, 0.15) is 11.3 Å². The number of rotatable bonds is 5. The summed E-state index contributed by atoms with van der Waals surface area (Å²) in [5, 5.41) is 0.562. The average Bonchev–Trinajstić information content (AvgIpc) is 2.46. The van der Waals surface area contributed by atoms with Crippen LogP contribution in [0, 0.1) is 0 Å². The van der Waals surface area contributed by atoms with Crippen LogP contribution >= 0.6 is 39.1 Å². The lowest BCUT2D eigenvalue weighted by molar-refractivity contribution is 0.278. The Kier molecular flexibility index (Phi) is 5.52. The molecule has 0 aliphatic heterocycles. The van der Waals surface area contributed by atoms with E-state index in [9.17, 15) is 0 Å². The number of methoxy groups -OCH3 is 1. The summed E-state index contributed by atoms with van der Waals surface area (Å²) in [6.45, 7) is 0.329. The molecule has 0 radical (unpaired) electrons. The fourth-order valence-corrected chi connectivity index (χ4v) is 2.34. The number of halogens is 3. The molecular formula is C14H12BrCl2NO2. The molecule has 0 fully saturated rings. The SMILES string of the molecule is COc1cc(Cl)cc(CCl)c1OCc1ccc(Br)cn1. The monoisotopic (exact) mass is 375 g/mol. The van der Waals surface area contributed by atoms with Gasteiger partial charge in [0.15, 0.2) is 11.5 Å². The highest BCUT2D eigenvalue weighted by Gasteiger charge is 2.12. The molecule has 0 unspecified atom stereocenters. The van der Waals surface area contributed by atoms with Crippen LogP contribution in [0.4, 0.5) is 0 Å². The molecule has 0 N–H and O–H groups in total. The van der Waals surface area contributed by atoms with E-state index in [1.165, 1.54) is 0 Å². The maximum Gasteiger partial charge on any atom is 0.166 e. The van der Waals surface area contributed by atoms with Crippen LogP contribution in [0.25, 0.3) is 0 Å². The van der Waals surface area contributed by atoms with Crippen LogP contribution < -0.4 is 9.47 Å². The Labute approximate surface area is 136 Å². The molecular weight excluding hydrogens is 365 g/mol. The van der Waals surface area contributed by atoms with Gasteiger partial charge in [0.1, 0.15) is 6.61 Å². The van der Waals surface area contributed by atoms with Crippen molar-refractivity contribution >= 4 is 39.1 Å². The molecule has 2 aromatic rings. The highest BCUT2D eigenvalue weighted by Crippen LogP contribution is 2.36. The molecule has 0 amide bonds. The van der Waals surface area contributed by atoms with Gasteiger partial charge in [-0.2, -0.15) is 0 Å². The summed E-state index contributed by atoms with van der Waals surface area (Å²) in [5.41, 5.74) is 1.60. The maximum absolute atomic E-state index is 6.00. The van der Waals surface area contributed by atoms with Crippen molar-refractivity contribution in [2.24, 2.45) is 0 Å². The Hall–Kier alpha value is -0.970. The van der Waals surface area contributed by atoms with E-state index in [4.69, 9.17) is 32.7 Å². The number of aromatic nitrogens is 1. The molecule has 0 aliphatic rings. The molecule has 0 atom stereocenters. The largest absolute Gasteiger partial charge is 0.493 e. The van der Waals surface area contributed by atoms with E-state index >= 15 is 0 Å². The molecule has 6 heteroatoms. The zero-order valence-corrected chi connectivity index (χ0v) is 13.8. The predicted octanol–water partition coefficient (Wildman–Crippen LogP) is 4.82. The third kappa shape index (κ3) is 3.78. The first-order valence-corrected chi connectivity index (χ1v) is 7.50. The topological polar surface area (TPSA) is 31.4 Å². The van der Waals surface area contributed by atoms with E-state index in [0.29, 0.717) is 29.0 Å². The van der Waals surface area contributed by atoms with Gasteiger partial charge in [-0.05, 0) is 34.1 Å². The minimum atomic E-state index is 0.292. The van der Waals surface area contributed by atoms with Crippen molar-refractivity contribution in [3.8, 4) is 11.5 Å². The first-order chi connectivity index (χ1) is 9.63. The molecule has 1 aromatic carbocycles. The normalized spacial score (nSPS) is 10.4. The molecule has 0 aliphatic carbocycles. The van der Waals surface area contributed by atoms with Gasteiger partial charge < -0.3 is 9.47 Å². The number of hydrogen-bond donors (Lipinski definition) is 0. The number of hydrogen-bond acceptors (Lipinski definition) is 3. The quantitative estimate of drug-likeness (QED) is 0.700. The summed E-state index contributed by atoms with van der Waals surface area (Å²) >= 11 is 15.3. The molecule has 0 spiro atoms. The summed E-state index contributed by atoms with van der Waals surface area (Å²) in [5.74, 6) is 1.45. The number of pyridine rings is 1. The van der Waals surface area contributed by atoms with Crippen LogP contribution in [0.5, 0.6) is 11.5 Å². The van der Waals surface area contributed by atoms with E-state index in [2.05, 4.69) is 20.9 Å². The van der Waals surface area contributed by atoms with Gasteiger partial charge in [-0.25, -0.2) is 0 Å². The fraction of sp³-hybridized carbons (Fsp3) is 0.214. The Balaban J connectivity index is 2.21. The molecule has 106 valence electrons. The lowest BCUT2D eigenvalue weighted by Crippen LogP contribution is -2.02. The lowest BCUT2D eigenvalue weighted by Gasteiger charge is -2.14. The Bertz CT molecular complexity index is 565. The van der Waals surface area contributed by atoms with Gasteiger partial charge >= 0.3 is 0 Å². The lowest BCUT2D eigenvalue weighted by atomic mass is 10.2. The Morgan fingerprint density at radius 1 is 1.30 bits per heavy atom. The number of alkyl halides is 1. The van der Waals surface area contributed by atoms with Crippen molar-refractivity contribution in [2.75, 3.05) is 7.11 Å². The van der Waals surface area contributed by atoms with E-state index in [1.807, 2.05) is 12.1 Å². The van der Waals surface area contributed by atoms with Crippen LogP contribution in [0.2, 0.25) is 5.02 Å². The smallest absolute Gasteiger partial charge is 0.166 e. The second-order valence-electron chi connectivity index (χ2n) is 3.99. The van der Waals surface area contributed by atoms with Crippen LogP contribution in [-0.2, 0) is 12.5 Å². The van der Waals surface area contributed by atoms with Crippen LogP contribution in [-0.4, -0.2) is 12.1 Å². The van der Waals surface area contributed by atoms with Gasteiger partial charge in [0, 0.05) is 27.3 Å². The summed E-state index contributed by atoms with van der Waals surface area (Å²) < 4.78 is 12.0. The fourth-order valence-electron chi connectivity index (χ4n) is 1.68. The Morgan fingerprint density at radius 3 is 2.70 bits per heavy atom. The summed E-state index contributed by atoms with van der Waals surface area (Å²) in [6.07, 6.45) is 1.72. The molecule has 3 nitrogen and oxygen atoms in total. The van der Waals surface area contributed by atoms with E-state index < -0.39 is 0 Å². The zero-order chi connectivity index (χ0) is 14.5. The molecule has 0 bridgehead atoms. The highest BCUT2D eigenvalue weighted by molar-refractivity contribution is 9.10. The molecule has 1 aromatic heterocycles. The standard InChI is InChI=1S/C14H12BrCl2NO2/c1-19-13-5-11(17)4-9(6-16)14(13)20-8-12-3-2-10(15)7-18-12/h2-5,7H,6,8H2,1H3. The van der Waals surface area contributed by atoms with Gasteiger partial charge in [0.25, 0.3) is 0 Å². The third-order valence-electron chi connectivity index (χ3n) is 2.61. The second-order valence-corrected chi connectivity index (χ2v) is 5.61. The van der Waals surface area contributed by atoms with Crippen molar-refractivity contribution in [3.63, 3.8) is 0 Å². The van der Waals surface area contributed by atoms with Crippen molar-refractivity contribution < 1.29 is 9.47 Å². The van der Waals surface area contributed by atoms with Crippen LogP contribution in [0.15, 0.2) is 34.9 Å². The molecule has 20 heavy (non-hydrogen) atoms. The Morgan fingerprint density at radius 2 is 2.10 bits per heavy atom. The predicted molar refractivity (Wildman–Crippen MR) is 83.8 cm³/mol. The maximum atomic E-state index is 6.00. The summed E-state index contributed by atoms with van der Waals surface area (Å²) in [6, 6.07) is 7.25. The molecule has 0 saturated carbocycles. The van der Waals surface area contributed by atoms with Gasteiger partial charge in [-0.1, -0.05) is 11.6 Å². The molecule has 2 rings (SSSR count). The van der Waals surface area contributed by atoms with Crippen molar-refractivity contribution in [1.82, 2.24) is 4.98 Å². The van der Waals surface area contributed by atoms with Crippen molar-refractivity contribution in [2.45, 2.75) is 12.5 Å². The van der Waals surface area contributed by atoms with Gasteiger partial charge in [-0.15, -0.1) is 11.6 Å². The van der Waals surface area contributed by atoms with Crippen LogP contribution in [0.3, 0.4) is 0 Å². The average molecular weight is 377 g/mol. The zero-order valence-electron chi connectivity index (χ0n) is 10.7. The second kappa shape index (κ2) is 7.16. The minimum absolute atomic E-state index is 0.292. The summed E-state index contributed by atoms with van der Waals surface area (Å²) in [4.78, 5) is 4.25. The van der Waals surface area contributed by atoms with E-state index in [-0.39, 0.29) is 0 Å². The van der Waals surface area contributed by atoms with Gasteiger partial charge in [-0.3, -0.25) is 4.98 Å². The summed E-state index contributed by atoms with van der Waals surface area (Å²) in [7, 11) is 1.56. The number of benzene rings is 1. The van der Waals surface area contributed by atoms with Crippen molar-refractivity contribution in [1.29, 1.82) is 0 Å². The first kappa shape index (κ1) is 15.4. The van der Waals surface area contributed by atoms with Gasteiger partial charge in [0.2, 0.25) is 0 Å². The van der Waals surface area contributed by atoms with Crippen molar-refractivity contribution in [3.05, 3.63) is 51.2 Å².